The number of fused-ring (bicyclic) bond motifs is 1. The lowest BCUT2D eigenvalue weighted by Crippen LogP contribution is -2.24. The Bertz CT molecular complexity index is 684. The molecule has 0 bridgehead atoms. The van der Waals surface area contributed by atoms with E-state index < -0.39 is 11.6 Å². The zero-order valence-electron chi connectivity index (χ0n) is 10.5. The molecule has 102 valence electrons. The summed E-state index contributed by atoms with van der Waals surface area (Å²) in [5.74, 6) is -0.542. The number of aromatic amines is 1. The SMILES string of the molecule is CC1(Cn2c(=S)[nH]c3ccc(F)c(F)c32)CCCS1. The molecular weight excluding hydrogens is 286 g/mol. The number of nitrogens with zero attached hydrogens (tertiary/aromatic N) is 1. The molecule has 1 N–H and O–H groups in total. The molecule has 1 fully saturated rings. The van der Waals surface area contributed by atoms with Crippen molar-refractivity contribution in [1.29, 1.82) is 0 Å². The summed E-state index contributed by atoms with van der Waals surface area (Å²) in [7, 11) is 0. The third-order valence-electron chi connectivity index (χ3n) is 3.62. The standard InChI is InChI=1S/C13H14F2N2S2/c1-13(5-2-6-19-13)7-17-11-9(16-12(17)18)4-3-8(14)10(11)15/h3-4H,2,5-7H2,1H3,(H,16,18). The van der Waals surface area contributed by atoms with Crippen LogP contribution in [-0.2, 0) is 6.54 Å². The van der Waals surface area contributed by atoms with Gasteiger partial charge >= 0.3 is 0 Å². The van der Waals surface area contributed by atoms with Crippen molar-refractivity contribution in [3.05, 3.63) is 28.5 Å². The van der Waals surface area contributed by atoms with Crippen LogP contribution in [-0.4, -0.2) is 20.1 Å². The highest BCUT2D eigenvalue weighted by Crippen LogP contribution is 2.39. The van der Waals surface area contributed by atoms with E-state index in [2.05, 4.69) is 11.9 Å². The van der Waals surface area contributed by atoms with Gasteiger partial charge in [-0.15, -0.1) is 0 Å². The van der Waals surface area contributed by atoms with Crippen LogP contribution < -0.4 is 0 Å². The molecule has 0 saturated carbocycles. The van der Waals surface area contributed by atoms with E-state index in [9.17, 15) is 8.78 Å². The summed E-state index contributed by atoms with van der Waals surface area (Å²) in [6.07, 6.45) is 2.23. The topological polar surface area (TPSA) is 20.7 Å². The summed E-state index contributed by atoms with van der Waals surface area (Å²) in [4.78, 5) is 2.95. The van der Waals surface area contributed by atoms with Crippen LogP contribution in [0.15, 0.2) is 12.1 Å². The Morgan fingerprint density at radius 3 is 2.95 bits per heavy atom. The van der Waals surface area contributed by atoms with Crippen molar-refractivity contribution in [3.63, 3.8) is 0 Å². The number of imidazole rings is 1. The molecule has 0 aliphatic carbocycles. The molecular formula is C13H14F2N2S2. The quantitative estimate of drug-likeness (QED) is 0.836. The number of H-pyrrole nitrogens is 1. The van der Waals surface area contributed by atoms with Gasteiger partial charge < -0.3 is 9.55 Å². The maximum absolute atomic E-state index is 14.0. The lowest BCUT2D eigenvalue weighted by molar-refractivity contribution is 0.491. The second-order valence-corrected chi connectivity index (χ2v) is 7.24. The van der Waals surface area contributed by atoms with Gasteiger partial charge in [-0.2, -0.15) is 11.8 Å². The second-order valence-electron chi connectivity index (χ2n) is 5.18. The molecule has 1 aliphatic heterocycles. The molecule has 1 unspecified atom stereocenters. The van der Waals surface area contributed by atoms with Crippen molar-refractivity contribution in [1.82, 2.24) is 9.55 Å². The van der Waals surface area contributed by atoms with Gasteiger partial charge in [-0.1, -0.05) is 0 Å². The van der Waals surface area contributed by atoms with Crippen molar-refractivity contribution >= 4 is 35.0 Å². The van der Waals surface area contributed by atoms with Crippen LogP contribution >= 0.6 is 24.0 Å². The van der Waals surface area contributed by atoms with Crippen molar-refractivity contribution in [3.8, 4) is 0 Å². The van der Waals surface area contributed by atoms with Crippen LogP contribution in [0.1, 0.15) is 19.8 Å². The summed E-state index contributed by atoms with van der Waals surface area (Å²) < 4.78 is 29.6. The summed E-state index contributed by atoms with van der Waals surface area (Å²) in [6.45, 7) is 2.76. The first-order valence-electron chi connectivity index (χ1n) is 6.21. The summed E-state index contributed by atoms with van der Waals surface area (Å²) in [5, 5.41) is 0. The highest BCUT2D eigenvalue weighted by atomic mass is 32.2. The minimum atomic E-state index is -0.834. The van der Waals surface area contributed by atoms with Crippen molar-refractivity contribution in [2.45, 2.75) is 31.1 Å². The van der Waals surface area contributed by atoms with Gasteiger partial charge in [0.2, 0.25) is 0 Å². The van der Waals surface area contributed by atoms with E-state index in [1.165, 1.54) is 6.07 Å². The number of hydrogen-bond donors (Lipinski definition) is 1. The first-order valence-corrected chi connectivity index (χ1v) is 7.60. The van der Waals surface area contributed by atoms with Crippen LogP contribution in [0.5, 0.6) is 0 Å². The highest BCUT2D eigenvalue weighted by molar-refractivity contribution is 8.00. The smallest absolute Gasteiger partial charge is 0.184 e. The lowest BCUT2D eigenvalue weighted by Gasteiger charge is -2.23. The van der Waals surface area contributed by atoms with Gasteiger partial charge in [0.15, 0.2) is 16.4 Å². The number of halogens is 2. The predicted molar refractivity (Wildman–Crippen MR) is 77.1 cm³/mol. The van der Waals surface area contributed by atoms with Crippen LogP contribution in [0.4, 0.5) is 8.78 Å². The lowest BCUT2D eigenvalue weighted by atomic mass is 10.1. The van der Waals surface area contributed by atoms with Crippen LogP contribution in [0, 0.1) is 16.4 Å². The van der Waals surface area contributed by atoms with E-state index in [-0.39, 0.29) is 10.3 Å². The number of nitrogens with one attached hydrogen (secondary N) is 1. The van der Waals surface area contributed by atoms with Gasteiger partial charge in [-0.25, -0.2) is 8.78 Å². The molecule has 1 aromatic carbocycles. The first kappa shape index (κ1) is 13.1. The Labute approximate surface area is 119 Å². The zero-order chi connectivity index (χ0) is 13.6. The van der Waals surface area contributed by atoms with E-state index in [1.807, 2.05) is 11.8 Å². The molecule has 3 rings (SSSR count). The Kier molecular flexibility index (Phi) is 3.17. The van der Waals surface area contributed by atoms with Crippen LogP contribution in [0.3, 0.4) is 0 Å². The molecule has 1 saturated heterocycles. The molecule has 2 heterocycles. The average Bonchev–Trinajstić information content (AvgIpc) is 2.91. The summed E-state index contributed by atoms with van der Waals surface area (Å²) in [6, 6.07) is 2.66. The molecule has 1 aromatic heterocycles. The van der Waals surface area contributed by atoms with Crippen molar-refractivity contribution < 1.29 is 8.78 Å². The van der Waals surface area contributed by atoms with Gasteiger partial charge in [-0.05, 0) is 49.9 Å². The monoisotopic (exact) mass is 300 g/mol. The summed E-state index contributed by atoms with van der Waals surface area (Å²) in [5.41, 5.74) is 0.800. The maximum Gasteiger partial charge on any atom is 0.184 e. The fraction of sp³-hybridized carbons (Fsp3) is 0.462. The number of aromatic nitrogens is 2. The van der Waals surface area contributed by atoms with Gasteiger partial charge in [0.05, 0.1) is 5.52 Å². The van der Waals surface area contributed by atoms with Gasteiger partial charge in [0.25, 0.3) is 0 Å². The minimum absolute atomic E-state index is 0.0477. The fourth-order valence-electron chi connectivity index (χ4n) is 2.64. The highest BCUT2D eigenvalue weighted by Gasteiger charge is 2.31. The van der Waals surface area contributed by atoms with E-state index in [1.54, 1.807) is 4.57 Å². The number of thioether (sulfide) groups is 1. The molecule has 2 nitrogen and oxygen atoms in total. The molecule has 1 atom stereocenters. The Morgan fingerprint density at radius 1 is 1.47 bits per heavy atom. The molecule has 1 aliphatic rings. The maximum atomic E-state index is 14.0. The van der Waals surface area contributed by atoms with E-state index in [0.29, 0.717) is 16.8 Å². The Balaban J connectivity index is 2.15. The molecule has 6 heteroatoms. The number of hydrogen-bond acceptors (Lipinski definition) is 2. The van der Waals surface area contributed by atoms with E-state index >= 15 is 0 Å². The second kappa shape index (κ2) is 4.59. The molecule has 2 aromatic rings. The zero-order valence-corrected chi connectivity index (χ0v) is 12.1. The molecule has 0 radical (unpaired) electrons. The minimum Gasteiger partial charge on any atom is -0.330 e. The Hall–Kier alpha value is -0.880. The van der Waals surface area contributed by atoms with Gasteiger partial charge in [-0.3, -0.25) is 0 Å². The van der Waals surface area contributed by atoms with Crippen molar-refractivity contribution in [2.75, 3.05) is 5.75 Å². The average molecular weight is 300 g/mol. The molecule has 0 amide bonds. The van der Waals surface area contributed by atoms with E-state index in [0.717, 1.165) is 24.7 Å². The normalized spacial score (nSPS) is 23.3. The first-order chi connectivity index (χ1) is 9.00. The van der Waals surface area contributed by atoms with Crippen LogP contribution in [0.25, 0.3) is 11.0 Å². The Morgan fingerprint density at radius 2 is 2.26 bits per heavy atom. The third-order valence-corrected chi connectivity index (χ3v) is 5.46. The van der Waals surface area contributed by atoms with Crippen molar-refractivity contribution in [2.24, 2.45) is 0 Å². The van der Waals surface area contributed by atoms with Crippen LogP contribution in [0.2, 0.25) is 0 Å². The number of benzene rings is 1. The summed E-state index contributed by atoms with van der Waals surface area (Å²) >= 11 is 7.12. The predicted octanol–water partition coefficient (Wildman–Crippen LogP) is 4.26. The molecule has 19 heavy (non-hydrogen) atoms. The number of rotatable bonds is 2. The molecule has 0 spiro atoms. The fourth-order valence-corrected chi connectivity index (χ4v) is 4.19. The van der Waals surface area contributed by atoms with Gasteiger partial charge in [0, 0.05) is 11.3 Å². The largest absolute Gasteiger partial charge is 0.330 e. The third kappa shape index (κ3) is 2.21. The van der Waals surface area contributed by atoms with E-state index in [4.69, 9.17) is 12.2 Å². The van der Waals surface area contributed by atoms with Gasteiger partial charge in [0.1, 0.15) is 5.52 Å².